The van der Waals surface area contributed by atoms with Crippen molar-refractivity contribution < 1.29 is 38.1 Å². The zero-order valence-electron chi connectivity index (χ0n) is 25.5. The summed E-state index contributed by atoms with van der Waals surface area (Å²) in [5.74, 6) is -5.25. The minimum Gasteiger partial charge on any atom is -0.461 e. The lowest BCUT2D eigenvalue weighted by Gasteiger charge is -2.24. The maximum atomic E-state index is 13.2. The van der Waals surface area contributed by atoms with Gasteiger partial charge in [-0.3, -0.25) is 0 Å². The Morgan fingerprint density at radius 1 is 0.609 bits per heavy atom. The van der Waals surface area contributed by atoms with Gasteiger partial charge in [0.25, 0.3) is 0 Å². The van der Waals surface area contributed by atoms with Crippen molar-refractivity contribution in [3.63, 3.8) is 0 Å². The summed E-state index contributed by atoms with van der Waals surface area (Å²) >= 11 is 37.4. The number of hydrogen-bond acceptors (Lipinski definition) is 8. The molecule has 0 amide bonds. The third-order valence-electron chi connectivity index (χ3n) is 7.48. The summed E-state index contributed by atoms with van der Waals surface area (Å²) in [7, 11) is 0. The topological polar surface area (TPSA) is 105 Å². The monoisotopic (exact) mass is 754 g/mol. The molecular weight excluding hydrogens is 725 g/mol. The molecule has 0 spiro atoms. The normalized spacial score (nSPS) is 14.9. The van der Waals surface area contributed by atoms with Crippen molar-refractivity contribution in [2.24, 2.45) is 22.7 Å². The predicted octanol–water partition coefficient (Wildman–Crippen LogP) is 10.1. The largest absolute Gasteiger partial charge is 0.461 e. The van der Waals surface area contributed by atoms with Crippen molar-refractivity contribution in [1.82, 2.24) is 0 Å². The molecule has 0 atom stereocenters. The van der Waals surface area contributed by atoms with Crippen molar-refractivity contribution in [3.05, 3.63) is 53.4 Å². The van der Waals surface area contributed by atoms with Gasteiger partial charge in [-0.2, -0.15) is 0 Å². The molecular formula is C32H32Cl6O8. The van der Waals surface area contributed by atoms with Crippen LogP contribution in [0.3, 0.4) is 0 Å². The smallest absolute Gasteiger partial charge is 0.423 e. The Bertz CT molecular complexity index is 1450. The molecule has 0 radical (unpaired) electrons. The van der Waals surface area contributed by atoms with Crippen molar-refractivity contribution in [3.8, 4) is 11.5 Å². The van der Waals surface area contributed by atoms with Crippen LogP contribution in [-0.4, -0.2) is 37.1 Å². The first-order valence-corrected chi connectivity index (χ1v) is 16.8. The fourth-order valence-electron chi connectivity index (χ4n) is 4.98. The van der Waals surface area contributed by atoms with Gasteiger partial charge >= 0.3 is 23.9 Å². The zero-order chi connectivity index (χ0) is 34.1. The molecule has 14 heteroatoms. The average Bonchev–Trinajstić information content (AvgIpc) is 3.90. The number of benzene rings is 2. The standard InChI is InChI=1S/C32H32Cl6O8/c1-31(2,11-15-5-6-15)13-43-27(39)21-23(37)17(33)9-19(35)25(21)45-29(41)30(42)46-26-20(36)10-18(34)24(38)22(26)28(40)44-14-32(3,4)12-16-7-8-16/h9-10,15-16H,5-8,11-14H2,1-4H3. The van der Waals surface area contributed by atoms with Crippen LogP contribution in [0.25, 0.3) is 0 Å². The maximum Gasteiger partial charge on any atom is 0.423 e. The summed E-state index contributed by atoms with van der Waals surface area (Å²) in [6.45, 7) is 7.88. The first kappa shape index (κ1) is 36.9. The fraction of sp³-hybridized carbons (Fsp3) is 0.500. The average molecular weight is 757 g/mol. The van der Waals surface area contributed by atoms with Crippen LogP contribution in [0.4, 0.5) is 0 Å². The zero-order valence-corrected chi connectivity index (χ0v) is 30.0. The summed E-state index contributed by atoms with van der Waals surface area (Å²) in [6, 6.07) is 2.25. The Labute approximate surface area is 297 Å². The quantitative estimate of drug-likeness (QED) is 0.0912. The molecule has 0 heterocycles. The molecule has 0 saturated heterocycles. The third kappa shape index (κ3) is 9.57. The Hall–Kier alpha value is -1.94. The van der Waals surface area contributed by atoms with Crippen LogP contribution in [-0.2, 0) is 19.1 Å². The van der Waals surface area contributed by atoms with Crippen LogP contribution >= 0.6 is 69.6 Å². The molecule has 2 fully saturated rings. The van der Waals surface area contributed by atoms with Crippen LogP contribution < -0.4 is 9.47 Å². The van der Waals surface area contributed by atoms with Crippen molar-refractivity contribution in [2.45, 2.75) is 66.2 Å². The van der Waals surface area contributed by atoms with E-state index in [2.05, 4.69) is 0 Å². The van der Waals surface area contributed by atoms with Crippen molar-refractivity contribution >= 4 is 93.5 Å². The molecule has 0 N–H and O–H groups in total. The van der Waals surface area contributed by atoms with Crippen molar-refractivity contribution in [2.75, 3.05) is 13.2 Å². The van der Waals surface area contributed by atoms with Gasteiger partial charge in [-0.1, -0.05) is 123 Å². The van der Waals surface area contributed by atoms with E-state index in [0.29, 0.717) is 11.8 Å². The molecule has 2 saturated carbocycles. The van der Waals surface area contributed by atoms with Gasteiger partial charge in [-0.15, -0.1) is 0 Å². The molecule has 2 aliphatic carbocycles. The molecule has 2 aliphatic rings. The van der Waals surface area contributed by atoms with Gasteiger partial charge < -0.3 is 18.9 Å². The van der Waals surface area contributed by atoms with E-state index in [9.17, 15) is 19.2 Å². The first-order chi connectivity index (χ1) is 21.4. The van der Waals surface area contributed by atoms with Gasteiger partial charge in [0.1, 0.15) is 11.1 Å². The van der Waals surface area contributed by atoms with E-state index in [-0.39, 0.29) is 54.2 Å². The minimum absolute atomic E-state index is 0.0324. The predicted molar refractivity (Wildman–Crippen MR) is 177 cm³/mol. The van der Waals surface area contributed by atoms with Crippen molar-refractivity contribution in [1.29, 1.82) is 0 Å². The minimum atomic E-state index is -1.64. The second-order valence-corrected chi connectivity index (χ2v) is 15.7. The molecule has 46 heavy (non-hydrogen) atoms. The highest BCUT2D eigenvalue weighted by molar-refractivity contribution is 6.47. The molecule has 2 aromatic rings. The molecule has 0 aliphatic heterocycles. The van der Waals surface area contributed by atoms with E-state index in [4.69, 9.17) is 88.6 Å². The van der Waals surface area contributed by atoms with E-state index in [1.165, 1.54) is 0 Å². The molecule has 4 rings (SSSR count). The van der Waals surface area contributed by atoms with E-state index in [1.54, 1.807) is 0 Å². The van der Waals surface area contributed by atoms with Crippen LogP contribution in [0.15, 0.2) is 12.1 Å². The molecule has 0 aromatic heterocycles. The van der Waals surface area contributed by atoms with Gasteiger partial charge in [0.05, 0.1) is 43.3 Å². The van der Waals surface area contributed by atoms with E-state index in [1.807, 2.05) is 27.7 Å². The number of rotatable bonds is 12. The highest BCUT2D eigenvalue weighted by Gasteiger charge is 2.36. The molecule has 0 unspecified atom stereocenters. The summed E-state index contributed by atoms with van der Waals surface area (Å²) in [5, 5.41) is -1.49. The second-order valence-electron chi connectivity index (χ2n) is 13.3. The van der Waals surface area contributed by atoms with E-state index < -0.39 is 46.5 Å². The lowest BCUT2D eigenvalue weighted by Crippen LogP contribution is -2.28. The summed E-state index contributed by atoms with van der Waals surface area (Å²) in [5.41, 5.74) is -1.60. The highest BCUT2D eigenvalue weighted by atomic mass is 35.5. The summed E-state index contributed by atoms with van der Waals surface area (Å²) in [4.78, 5) is 52.4. The number of halogens is 6. The fourth-order valence-corrected chi connectivity index (χ4v) is 6.42. The molecule has 2 aromatic carbocycles. The van der Waals surface area contributed by atoms with Crippen LogP contribution in [0, 0.1) is 22.7 Å². The molecule has 0 bridgehead atoms. The first-order valence-electron chi connectivity index (χ1n) is 14.5. The summed E-state index contributed by atoms with van der Waals surface area (Å²) in [6.07, 6.45) is 6.19. The van der Waals surface area contributed by atoms with Gasteiger partial charge in [0.15, 0.2) is 11.5 Å². The molecule has 8 nitrogen and oxygen atoms in total. The number of carbonyl (C=O) groups excluding carboxylic acids is 4. The Morgan fingerprint density at radius 2 is 0.935 bits per heavy atom. The van der Waals surface area contributed by atoms with E-state index >= 15 is 0 Å². The van der Waals surface area contributed by atoms with Gasteiger partial charge in [-0.25, -0.2) is 19.2 Å². The molecule has 250 valence electrons. The van der Waals surface area contributed by atoms with Crippen LogP contribution in [0.2, 0.25) is 30.1 Å². The van der Waals surface area contributed by atoms with E-state index in [0.717, 1.165) is 50.7 Å². The van der Waals surface area contributed by atoms with Gasteiger partial charge in [-0.05, 0) is 47.6 Å². The summed E-state index contributed by atoms with van der Waals surface area (Å²) < 4.78 is 21.4. The van der Waals surface area contributed by atoms with Gasteiger partial charge in [0, 0.05) is 0 Å². The number of carbonyl (C=O) groups is 4. The van der Waals surface area contributed by atoms with Crippen LogP contribution in [0.1, 0.15) is 86.9 Å². The lowest BCUT2D eigenvalue weighted by atomic mass is 9.88. The maximum absolute atomic E-state index is 13.2. The lowest BCUT2D eigenvalue weighted by molar-refractivity contribution is -0.156. The van der Waals surface area contributed by atoms with Crippen LogP contribution in [0.5, 0.6) is 11.5 Å². The number of esters is 4. The Balaban J connectivity index is 1.53. The number of hydrogen-bond donors (Lipinski definition) is 0. The highest BCUT2D eigenvalue weighted by Crippen LogP contribution is 2.44. The number of ether oxygens (including phenoxy) is 4. The Morgan fingerprint density at radius 3 is 1.24 bits per heavy atom. The second kappa shape index (κ2) is 14.7. The SMILES string of the molecule is CC(C)(COC(=O)c1c(Cl)c(Cl)cc(Cl)c1OC(=O)C(=O)Oc1c(Cl)cc(Cl)c(Cl)c1C(=O)OCC(C)(C)CC1CC1)CC1CC1. The Kier molecular flexibility index (Phi) is 11.8. The third-order valence-corrected chi connectivity index (χ3v) is 9.62. The van der Waals surface area contributed by atoms with Gasteiger partial charge in [0.2, 0.25) is 0 Å².